The van der Waals surface area contributed by atoms with Crippen molar-refractivity contribution >= 4 is 28.1 Å². The number of likely N-dealkylation sites (tertiary alicyclic amines) is 1. The van der Waals surface area contributed by atoms with E-state index in [1.165, 1.54) is 17.4 Å². The van der Waals surface area contributed by atoms with Crippen LogP contribution < -0.4 is 5.32 Å². The minimum absolute atomic E-state index is 0.124. The van der Waals surface area contributed by atoms with Crippen molar-refractivity contribution in [2.75, 3.05) is 13.1 Å². The van der Waals surface area contributed by atoms with E-state index < -0.39 is 0 Å². The summed E-state index contributed by atoms with van der Waals surface area (Å²) in [7, 11) is 0. The second-order valence-electron chi connectivity index (χ2n) is 8.13. The highest BCUT2D eigenvalue weighted by Gasteiger charge is 2.31. The molecule has 2 amide bonds. The summed E-state index contributed by atoms with van der Waals surface area (Å²) in [5, 5.41) is 4.88. The summed E-state index contributed by atoms with van der Waals surface area (Å²) in [6.07, 6.45) is 3.49. The first-order chi connectivity index (χ1) is 16.0. The lowest BCUT2D eigenvalue weighted by Gasteiger charge is -2.26. The number of nitrogens with one attached hydrogen (secondary N) is 1. The van der Waals surface area contributed by atoms with Crippen molar-refractivity contribution in [3.63, 3.8) is 0 Å². The van der Waals surface area contributed by atoms with Gasteiger partial charge in [0.05, 0.1) is 5.69 Å². The van der Waals surface area contributed by atoms with Crippen molar-refractivity contribution in [3.8, 4) is 11.1 Å². The van der Waals surface area contributed by atoms with Gasteiger partial charge in [0.15, 0.2) is 4.96 Å². The summed E-state index contributed by atoms with van der Waals surface area (Å²) in [4.78, 5) is 33.4. The van der Waals surface area contributed by atoms with Gasteiger partial charge < -0.3 is 10.2 Å². The molecule has 1 atom stereocenters. The van der Waals surface area contributed by atoms with Crippen LogP contribution >= 0.6 is 11.3 Å². The molecule has 8 heteroatoms. The lowest BCUT2D eigenvalue weighted by molar-refractivity contribution is 0.0725. The van der Waals surface area contributed by atoms with Gasteiger partial charge in [0.2, 0.25) is 0 Å². The average molecular weight is 463 g/mol. The van der Waals surface area contributed by atoms with Gasteiger partial charge in [-0.15, -0.1) is 11.3 Å². The predicted molar refractivity (Wildman–Crippen MR) is 126 cm³/mol. The Morgan fingerprint density at radius 3 is 2.73 bits per heavy atom. The molecule has 2 aromatic heterocycles. The molecule has 4 aromatic rings. The topological polar surface area (TPSA) is 66.7 Å². The smallest absolute Gasteiger partial charge is 0.270 e. The quantitative estimate of drug-likeness (QED) is 0.473. The van der Waals surface area contributed by atoms with E-state index in [2.05, 4.69) is 10.3 Å². The third-order valence-electron chi connectivity index (χ3n) is 6.11. The van der Waals surface area contributed by atoms with Gasteiger partial charge in [0.25, 0.3) is 11.8 Å². The lowest BCUT2D eigenvalue weighted by Crippen LogP contribution is -2.43. The summed E-state index contributed by atoms with van der Waals surface area (Å²) < 4.78 is 16.2. The van der Waals surface area contributed by atoms with Crippen LogP contribution in [0.1, 0.15) is 39.4 Å². The Labute approximate surface area is 194 Å². The van der Waals surface area contributed by atoms with Crippen LogP contribution in [0.4, 0.5) is 4.39 Å². The number of halogens is 1. The Morgan fingerprint density at radius 1 is 1.15 bits per heavy atom. The molecule has 1 aliphatic rings. The molecule has 3 heterocycles. The highest BCUT2D eigenvalue weighted by molar-refractivity contribution is 7.15. The number of hydrogen-bond donors (Lipinski definition) is 1. The summed E-state index contributed by atoms with van der Waals surface area (Å²) >= 11 is 1.48. The second kappa shape index (κ2) is 8.78. The second-order valence-corrected chi connectivity index (χ2v) is 9.00. The number of aromatic nitrogens is 2. The van der Waals surface area contributed by atoms with Gasteiger partial charge in [-0.25, -0.2) is 9.37 Å². The molecule has 0 unspecified atom stereocenters. The number of hydrogen-bond acceptors (Lipinski definition) is 4. The summed E-state index contributed by atoms with van der Waals surface area (Å²) in [6.45, 7) is 2.77. The Bertz CT molecular complexity index is 1350. The SMILES string of the molecule is Cc1nc2sccn2c1C(=O)NC[C@@H]1CCCN1C(=O)c1ccccc1-c1ccccc1F. The Morgan fingerprint density at radius 2 is 1.91 bits per heavy atom. The molecule has 1 fully saturated rings. The van der Waals surface area contributed by atoms with Crippen LogP contribution in [0.15, 0.2) is 60.1 Å². The van der Waals surface area contributed by atoms with E-state index in [0.717, 1.165) is 17.8 Å². The van der Waals surface area contributed by atoms with Gasteiger partial charge in [-0.05, 0) is 37.5 Å². The molecule has 1 aliphatic heterocycles. The van der Waals surface area contributed by atoms with Crippen LogP contribution in [0.3, 0.4) is 0 Å². The van der Waals surface area contributed by atoms with Crippen LogP contribution in [0.25, 0.3) is 16.1 Å². The van der Waals surface area contributed by atoms with Crippen molar-refractivity contribution in [1.82, 2.24) is 19.6 Å². The van der Waals surface area contributed by atoms with Crippen LogP contribution in [0.2, 0.25) is 0 Å². The van der Waals surface area contributed by atoms with Crippen LogP contribution in [0, 0.1) is 12.7 Å². The number of carbonyl (C=O) groups excluding carboxylic acids is 2. The minimum Gasteiger partial charge on any atom is -0.349 e. The molecule has 168 valence electrons. The number of nitrogens with zero attached hydrogens (tertiary/aromatic N) is 3. The minimum atomic E-state index is -0.362. The zero-order valence-corrected chi connectivity index (χ0v) is 18.9. The van der Waals surface area contributed by atoms with Crippen molar-refractivity contribution in [2.45, 2.75) is 25.8 Å². The molecule has 1 saturated heterocycles. The third-order valence-corrected chi connectivity index (χ3v) is 6.87. The van der Waals surface area contributed by atoms with E-state index in [9.17, 15) is 14.0 Å². The number of aryl methyl sites for hydroxylation is 1. The predicted octanol–water partition coefficient (Wildman–Crippen LogP) is 4.54. The zero-order chi connectivity index (χ0) is 22.9. The number of benzene rings is 2. The molecular formula is C25H23FN4O2S. The lowest BCUT2D eigenvalue weighted by atomic mass is 9.98. The maximum Gasteiger partial charge on any atom is 0.270 e. The van der Waals surface area contributed by atoms with Crippen LogP contribution in [-0.2, 0) is 0 Å². The van der Waals surface area contributed by atoms with E-state index in [1.807, 2.05) is 18.5 Å². The molecular weight excluding hydrogens is 439 g/mol. The Balaban J connectivity index is 1.35. The first-order valence-corrected chi connectivity index (χ1v) is 11.8. The largest absolute Gasteiger partial charge is 0.349 e. The number of thiazole rings is 1. The molecule has 6 nitrogen and oxygen atoms in total. The number of fused-ring (bicyclic) bond motifs is 1. The summed E-state index contributed by atoms with van der Waals surface area (Å²) in [5.74, 6) is -0.713. The van der Waals surface area contributed by atoms with E-state index in [-0.39, 0.29) is 23.7 Å². The Hall–Kier alpha value is -3.52. The normalized spacial score (nSPS) is 15.8. The van der Waals surface area contributed by atoms with Gasteiger partial charge >= 0.3 is 0 Å². The highest BCUT2D eigenvalue weighted by atomic mass is 32.1. The van der Waals surface area contributed by atoms with E-state index in [1.54, 1.807) is 51.8 Å². The molecule has 0 spiro atoms. The molecule has 0 saturated carbocycles. The van der Waals surface area contributed by atoms with Crippen molar-refractivity contribution < 1.29 is 14.0 Å². The van der Waals surface area contributed by atoms with Gasteiger partial charge in [-0.2, -0.15) is 0 Å². The first-order valence-electron chi connectivity index (χ1n) is 10.9. The monoisotopic (exact) mass is 462 g/mol. The average Bonchev–Trinajstić information content (AvgIpc) is 3.53. The molecule has 33 heavy (non-hydrogen) atoms. The fourth-order valence-corrected chi connectivity index (χ4v) is 5.28. The van der Waals surface area contributed by atoms with Gasteiger partial charge in [-0.1, -0.05) is 36.4 Å². The Kier molecular flexibility index (Phi) is 5.68. The van der Waals surface area contributed by atoms with E-state index in [0.29, 0.717) is 41.2 Å². The molecule has 2 aromatic carbocycles. The van der Waals surface area contributed by atoms with Crippen LogP contribution in [-0.4, -0.2) is 45.2 Å². The number of amides is 2. The third kappa shape index (κ3) is 3.91. The fourth-order valence-electron chi connectivity index (χ4n) is 4.52. The fraction of sp³-hybridized carbons (Fsp3) is 0.240. The summed E-state index contributed by atoms with van der Waals surface area (Å²) in [5.41, 5.74) is 2.64. The van der Waals surface area contributed by atoms with E-state index >= 15 is 0 Å². The van der Waals surface area contributed by atoms with E-state index in [4.69, 9.17) is 0 Å². The zero-order valence-electron chi connectivity index (χ0n) is 18.1. The van der Waals surface area contributed by atoms with Crippen molar-refractivity contribution in [1.29, 1.82) is 0 Å². The standard InChI is InChI=1S/C25H23FN4O2S/c1-16-22(30-13-14-33-25(30)28-16)23(31)27-15-17-7-6-12-29(17)24(32)20-10-3-2-8-18(20)19-9-4-5-11-21(19)26/h2-5,8-11,13-14,17H,6-7,12,15H2,1H3,(H,27,31)/t17-/m0/s1. The highest BCUT2D eigenvalue weighted by Crippen LogP contribution is 2.29. The van der Waals surface area contributed by atoms with Crippen molar-refractivity contribution in [2.24, 2.45) is 0 Å². The number of imidazole rings is 1. The molecule has 5 rings (SSSR count). The number of rotatable bonds is 5. The molecule has 0 radical (unpaired) electrons. The summed E-state index contributed by atoms with van der Waals surface area (Å²) in [6, 6.07) is 13.5. The van der Waals surface area contributed by atoms with Gasteiger partial charge in [-0.3, -0.25) is 14.0 Å². The molecule has 0 bridgehead atoms. The van der Waals surface area contributed by atoms with Crippen molar-refractivity contribution in [3.05, 3.63) is 82.9 Å². The molecule has 1 N–H and O–H groups in total. The maximum atomic E-state index is 14.5. The first kappa shape index (κ1) is 21.3. The van der Waals surface area contributed by atoms with Gasteiger partial charge in [0.1, 0.15) is 11.5 Å². The van der Waals surface area contributed by atoms with Crippen LogP contribution in [0.5, 0.6) is 0 Å². The van der Waals surface area contributed by atoms with Gasteiger partial charge in [0, 0.05) is 41.8 Å². The number of carbonyl (C=O) groups is 2. The molecule has 0 aliphatic carbocycles. The maximum absolute atomic E-state index is 14.5.